The average Bonchev–Trinajstić information content (AvgIpc) is 0.722. The quantitative estimate of drug-likeness (QED) is 0.375. The van der Waals surface area contributed by atoms with Crippen LogP contribution in [0.5, 0.6) is 0 Å². The van der Waals surface area contributed by atoms with Gasteiger partial charge in [0, 0.05) is 0 Å². The summed E-state index contributed by atoms with van der Waals surface area (Å²) in [7, 11) is 0. The van der Waals surface area contributed by atoms with Crippen molar-refractivity contribution in [3.8, 4) is 0 Å². The van der Waals surface area contributed by atoms with Crippen LogP contribution in [0.2, 0.25) is 0 Å². The molecule has 5 heavy (non-hydrogen) atoms. The number of hydrogen-bond donors (Lipinski definition) is 0. The van der Waals surface area contributed by atoms with E-state index in [1.807, 2.05) is 0 Å². The first kappa shape index (κ1) is 5.26. The van der Waals surface area contributed by atoms with Crippen molar-refractivity contribution in [1.29, 1.82) is 0 Å². The van der Waals surface area contributed by atoms with Crippen LogP contribution in [0.15, 0.2) is 0 Å². The van der Waals surface area contributed by atoms with Gasteiger partial charge < -0.3 is 5.21 Å². The largest absolute Gasteiger partial charge is 0.542 e. The summed E-state index contributed by atoms with van der Waals surface area (Å²) >= 11 is 1.42. The Bertz CT molecular complexity index is 25.1. The molecule has 0 saturated carbocycles. The molecule has 0 rings (SSSR count). The number of hydrogen-bond acceptors (Lipinski definition) is 1. The van der Waals surface area contributed by atoms with Crippen molar-refractivity contribution in [2.75, 3.05) is 0 Å². The maximum absolute atomic E-state index is 10.3. The lowest BCUT2D eigenvalue weighted by Gasteiger charge is -1.99. The number of halogens is 3. The Kier molecular flexibility index (Phi) is 1.22. The second-order valence-corrected chi connectivity index (χ2v) is 1.22. The summed E-state index contributed by atoms with van der Waals surface area (Å²) in [5, 5.41) is 8.62. The normalized spacial score (nSPS) is 12.0. The van der Waals surface area contributed by atoms with Crippen molar-refractivity contribution in [1.82, 2.24) is 0 Å². The van der Waals surface area contributed by atoms with E-state index in [9.17, 15) is 8.96 Å². The first-order chi connectivity index (χ1) is 2.00. The van der Waals surface area contributed by atoms with Crippen molar-refractivity contribution in [2.45, 2.75) is 0 Å². The molecule has 2 nitrogen and oxygen atoms in total. The van der Waals surface area contributed by atoms with Gasteiger partial charge in [-0.1, -0.05) is 0 Å². The first-order valence-corrected chi connectivity index (χ1v) is 1.40. The standard InChI is InChI=1S/BrF2NO/c1-4(2,3)5. The Hall–Kier alpha value is 0.260. The van der Waals surface area contributed by atoms with Crippen molar-refractivity contribution >= 4 is 16.1 Å². The molecule has 0 fully saturated rings. The molecule has 0 heterocycles. The number of quaternary nitrogens is 1. The third-order valence-electron chi connectivity index (χ3n) is 0. The summed E-state index contributed by atoms with van der Waals surface area (Å²) < 4.78 is 17.2. The minimum Gasteiger partial charge on any atom is -0.542 e. The van der Waals surface area contributed by atoms with Gasteiger partial charge in [-0.2, -0.15) is 0 Å². The Morgan fingerprint density at radius 2 is 1.60 bits per heavy atom. The lowest BCUT2D eigenvalue weighted by atomic mass is 13.3. The Labute approximate surface area is 35.4 Å². The second-order valence-electron chi connectivity index (χ2n) is 0.399. The van der Waals surface area contributed by atoms with Crippen LogP contribution >= 0.6 is 16.1 Å². The zero-order valence-electron chi connectivity index (χ0n) is 1.99. The maximum atomic E-state index is 10.3. The highest BCUT2D eigenvalue weighted by atomic mass is 79.9. The Morgan fingerprint density at radius 3 is 1.60 bits per heavy atom. The lowest BCUT2D eigenvalue weighted by molar-refractivity contribution is -1.01. The summed E-state index contributed by atoms with van der Waals surface area (Å²) in [6, 6.07) is 0. The smallest absolute Gasteiger partial charge is 0.323 e. The molecule has 0 unspecified atom stereocenters. The molecule has 0 N–H and O–H groups in total. The van der Waals surface area contributed by atoms with Crippen molar-refractivity contribution < 1.29 is 13.1 Å². The van der Waals surface area contributed by atoms with Gasteiger partial charge in [0.2, 0.25) is 0 Å². The minimum absolute atomic E-state index is 1.42. The van der Waals surface area contributed by atoms with E-state index in [0.717, 1.165) is 0 Å². The molecule has 32 valence electrons. The van der Waals surface area contributed by atoms with Crippen LogP contribution in [-0.2, 0) is 0 Å². The monoisotopic (exact) mass is 147 g/mol. The van der Waals surface area contributed by atoms with Gasteiger partial charge in [-0.3, -0.25) is 0 Å². The molecule has 0 radical (unpaired) electrons. The molecule has 0 spiro atoms. The van der Waals surface area contributed by atoms with Gasteiger partial charge in [-0.05, 0) is 0 Å². The fourth-order valence-electron chi connectivity index (χ4n) is 0. The highest BCUT2D eigenvalue weighted by Crippen LogP contribution is 2.11. The number of nitrogens with zero attached hydrogens (tertiary/aromatic N) is 1. The van der Waals surface area contributed by atoms with Crippen molar-refractivity contribution in [2.24, 2.45) is 0 Å². The predicted molar refractivity (Wildman–Crippen MR) is 14.8 cm³/mol. The van der Waals surface area contributed by atoms with E-state index >= 15 is 0 Å². The SMILES string of the molecule is [O-][N+](F)(F)Br. The van der Waals surface area contributed by atoms with E-state index in [4.69, 9.17) is 5.21 Å². The van der Waals surface area contributed by atoms with Gasteiger partial charge in [-0.15, -0.1) is 0 Å². The summed E-state index contributed by atoms with van der Waals surface area (Å²) in [5.74, 6) is 0. The van der Waals surface area contributed by atoms with Gasteiger partial charge in [0.1, 0.15) is 4.12 Å². The van der Waals surface area contributed by atoms with E-state index < -0.39 is 4.12 Å². The minimum atomic E-state index is -3.44. The average molecular weight is 148 g/mol. The van der Waals surface area contributed by atoms with Gasteiger partial charge in [0.25, 0.3) is 0 Å². The third-order valence-corrected chi connectivity index (χ3v) is 0. The first-order valence-electron chi connectivity index (χ1n) is 0.690. The molecule has 0 aromatic heterocycles. The van der Waals surface area contributed by atoms with Crippen molar-refractivity contribution in [3.63, 3.8) is 0 Å². The van der Waals surface area contributed by atoms with Gasteiger partial charge >= 0.3 is 16.1 Å². The topological polar surface area (TPSA) is 23.1 Å². The van der Waals surface area contributed by atoms with Crippen LogP contribution in [-0.4, -0.2) is 4.12 Å². The van der Waals surface area contributed by atoms with Gasteiger partial charge in [0.05, 0.1) is 8.96 Å². The van der Waals surface area contributed by atoms with Crippen LogP contribution in [0.1, 0.15) is 0 Å². The third kappa shape index (κ3) is 322. The van der Waals surface area contributed by atoms with Gasteiger partial charge in [-0.25, -0.2) is 0 Å². The summed E-state index contributed by atoms with van der Waals surface area (Å²) in [4.78, 5) is 0. The van der Waals surface area contributed by atoms with Crippen LogP contribution < -0.4 is 0 Å². The highest BCUT2D eigenvalue weighted by Gasteiger charge is 2.06. The van der Waals surface area contributed by atoms with Crippen molar-refractivity contribution in [3.05, 3.63) is 5.21 Å². The molecule has 0 aliphatic rings. The fraction of sp³-hybridized carbons (Fsp3) is 0. The van der Waals surface area contributed by atoms with Crippen LogP contribution in [0.4, 0.5) is 8.96 Å². The summed E-state index contributed by atoms with van der Waals surface area (Å²) in [6.07, 6.45) is 0. The fourth-order valence-corrected chi connectivity index (χ4v) is 0. The molecule has 0 atom stereocenters. The highest BCUT2D eigenvalue weighted by molar-refractivity contribution is 9.05. The van der Waals surface area contributed by atoms with Gasteiger partial charge in [0.15, 0.2) is 0 Å². The molecule has 0 bridgehead atoms. The maximum Gasteiger partial charge on any atom is 0.323 e. The zero-order valence-corrected chi connectivity index (χ0v) is 3.58. The Balaban J connectivity index is 3.02. The van der Waals surface area contributed by atoms with Crippen LogP contribution in [0.25, 0.3) is 0 Å². The Morgan fingerprint density at radius 1 is 1.60 bits per heavy atom. The van der Waals surface area contributed by atoms with E-state index in [0.29, 0.717) is 0 Å². The zero-order chi connectivity index (χ0) is 4.50. The molecule has 0 saturated heterocycles. The van der Waals surface area contributed by atoms with E-state index in [2.05, 4.69) is 0 Å². The number of rotatable bonds is 0. The van der Waals surface area contributed by atoms with E-state index in [1.165, 1.54) is 16.1 Å². The molecular weight excluding hydrogens is 148 g/mol. The lowest BCUT2D eigenvalue weighted by Crippen LogP contribution is -2.00. The van der Waals surface area contributed by atoms with E-state index in [1.54, 1.807) is 0 Å². The summed E-state index contributed by atoms with van der Waals surface area (Å²) in [5.41, 5.74) is 0. The summed E-state index contributed by atoms with van der Waals surface area (Å²) in [6.45, 7) is 0. The second kappa shape index (κ2) is 1.16. The molecule has 0 aliphatic carbocycles. The molecule has 5 heteroatoms. The molecule has 0 aromatic carbocycles. The molecule has 0 aromatic rings. The van der Waals surface area contributed by atoms with Crippen LogP contribution in [0, 0.1) is 5.21 Å². The predicted octanol–water partition coefficient (Wildman–Crippen LogP) is 1.38. The molecule has 0 amide bonds. The van der Waals surface area contributed by atoms with Crippen LogP contribution in [0.3, 0.4) is 0 Å². The molecular formula is BrF2NO. The van der Waals surface area contributed by atoms with E-state index in [-0.39, 0.29) is 0 Å². The molecule has 0 aliphatic heterocycles.